The Morgan fingerprint density at radius 2 is 1.77 bits per heavy atom. The van der Waals surface area contributed by atoms with Gasteiger partial charge in [-0.1, -0.05) is 17.3 Å². The van der Waals surface area contributed by atoms with Crippen LogP contribution in [0.5, 0.6) is 23.0 Å². The Labute approximate surface area is 201 Å². The van der Waals surface area contributed by atoms with Gasteiger partial charge in [0.25, 0.3) is 5.91 Å². The molecule has 2 heterocycles. The van der Waals surface area contributed by atoms with E-state index in [2.05, 4.69) is 15.5 Å². The molecule has 1 N–H and O–H groups in total. The maximum Gasteiger partial charge on any atom is 0.252 e. The number of hydrogen-bond acceptors (Lipinski definition) is 7. The van der Waals surface area contributed by atoms with E-state index in [-0.39, 0.29) is 12.5 Å². The number of carbonyl (C=O) groups excluding carboxylic acids is 1. The number of benzene rings is 3. The third kappa shape index (κ3) is 4.46. The Morgan fingerprint density at radius 3 is 2.54 bits per heavy atom. The van der Waals surface area contributed by atoms with Crippen LogP contribution >= 0.6 is 0 Å². The van der Waals surface area contributed by atoms with E-state index in [1.54, 1.807) is 38.6 Å². The van der Waals surface area contributed by atoms with Crippen molar-refractivity contribution in [2.24, 2.45) is 0 Å². The molecule has 0 aliphatic heterocycles. The van der Waals surface area contributed by atoms with Crippen molar-refractivity contribution >= 4 is 27.6 Å². The lowest BCUT2D eigenvalue weighted by molar-refractivity contribution is 0.0951. The fraction of sp³-hybridized carbons (Fsp3) is 0.148. The summed E-state index contributed by atoms with van der Waals surface area (Å²) in [7, 11) is 3.17. The number of hydrogen-bond donors (Lipinski definition) is 1. The van der Waals surface area contributed by atoms with Gasteiger partial charge in [0.2, 0.25) is 0 Å². The SMILES string of the molecule is COc1cc2nccc(Oc3ccc4c(C(=O)NCc5cc(C)on5)cccc4c3)c2cc1OC. The number of pyridine rings is 1. The highest BCUT2D eigenvalue weighted by Crippen LogP contribution is 2.37. The molecule has 0 aliphatic carbocycles. The number of amides is 1. The Hall–Kier alpha value is -4.59. The summed E-state index contributed by atoms with van der Waals surface area (Å²) in [6, 6.07) is 18.5. The zero-order chi connectivity index (χ0) is 24.4. The van der Waals surface area contributed by atoms with Gasteiger partial charge in [0, 0.05) is 29.3 Å². The summed E-state index contributed by atoms with van der Waals surface area (Å²) in [5.41, 5.74) is 1.97. The van der Waals surface area contributed by atoms with Crippen LogP contribution in [0.1, 0.15) is 21.8 Å². The first-order chi connectivity index (χ1) is 17.1. The topological polar surface area (TPSA) is 95.7 Å². The molecule has 35 heavy (non-hydrogen) atoms. The quantitative estimate of drug-likeness (QED) is 0.340. The zero-order valence-corrected chi connectivity index (χ0v) is 19.5. The van der Waals surface area contributed by atoms with Crippen LogP contribution in [0.4, 0.5) is 0 Å². The summed E-state index contributed by atoms with van der Waals surface area (Å²) in [5, 5.41) is 9.30. The molecule has 8 heteroatoms. The predicted molar refractivity (Wildman–Crippen MR) is 131 cm³/mol. The van der Waals surface area contributed by atoms with E-state index < -0.39 is 0 Å². The lowest BCUT2D eigenvalue weighted by Gasteiger charge is -2.13. The van der Waals surface area contributed by atoms with Gasteiger partial charge in [-0.3, -0.25) is 9.78 Å². The van der Waals surface area contributed by atoms with Crippen molar-refractivity contribution in [3.05, 3.63) is 83.9 Å². The summed E-state index contributed by atoms with van der Waals surface area (Å²) in [4.78, 5) is 17.3. The highest BCUT2D eigenvalue weighted by Gasteiger charge is 2.14. The van der Waals surface area contributed by atoms with E-state index in [9.17, 15) is 4.79 Å². The number of rotatable bonds is 7. The summed E-state index contributed by atoms with van der Waals surface area (Å²) < 4.78 is 22.1. The van der Waals surface area contributed by atoms with Crippen LogP contribution in [0.25, 0.3) is 21.7 Å². The first kappa shape index (κ1) is 22.2. The van der Waals surface area contributed by atoms with Gasteiger partial charge in [0.1, 0.15) is 23.0 Å². The molecule has 176 valence electrons. The average molecular weight is 469 g/mol. The molecule has 0 unspecified atom stereocenters. The van der Waals surface area contributed by atoms with Crippen LogP contribution in [-0.2, 0) is 6.54 Å². The molecule has 0 saturated carbocycles. The predicted octanol–water partition coefficient (Wildman–Crippen LogP) is 5.42. The van der Waals surface area contributed by atoms with E-state index in [1.165, 1.54) is 0 Å². The summed E-state index contributed by atoms with van der Waals surface area (Å²) in [5.74, 6) is 2.97. The molecule has 8 nitrogen and oxygen atoms in total. The van der Waals surface area contributed by atoms with Crippen molar-refractivity contribution in [1.29, 1.82) is 0 Å². The highest BCUT2D eigenvalue weighted by atomic mass is 16.5. The standard InChI is InChI=1S/C27H23N3O5/c1-16-11-18(30-35-16)15-29-27(31)21-6-4-5-17-12-19(7-8-20(17)21)34-24-9-10-28-23-14-26(33-3)25(32-2)13-22(23)24/h4-14H,15H2,1-3H3,(H,29,31). The van der Waals surface area contributed by atoms with Crippen LogP contribution in [0, 0.1) is 6.92 Å². The monoisotopic (exact) mass is 469 g/mol. The maximum atomic E-state index is 12.8. The molecule has 0 fully saturated rings. The van der Waals surface area contributed by atoms with Gasteiger partial charge in [-0.05, 0) is 54.1 Å². The Bertz CT molecular complexity index is 1540. The van der Waals surface area contributed by atoms with Gasteiger partial charge in [-0.25, -0.2) is 0 Å². The van der Waals surface area contributed by atoms with Gasteiger partial charge in [-0.15, -0.1) is 0 Å². The number of carbonyl (C=O) groups is 1. The first-order valence-corrected chi connectivity index (χ1v) is 11.0. The number of fused-ring (bicyclic) bond motifs is 2. The molecule has 0 radical (unpaired) electrons. The van der Waals surface area contributed by atoms with Crippen LogP contribution in [0.15, 0.2) is 71.4 Å². The molecule has 3 aromatic carbocycles. The first-order valence-electron chi connectivity index (χ1n) is 11.0. The molecule has 2 aromatic heterocycles. The lowest BCUT2D eigenvalue weighted by atomic mass is 10.0. The maximum absolute atomic E-state index is 12.8. The minimum atomic E-state index is -0.189. The second kappa shape index (κ2) is 9.34. The van der Waals surface area contributed by atoms with Crippen LogP contribution in [0.2, 0.25) is 0 Å². The molecular weight excluding hydrogens is 446 g/mol. The molecule has 0 aliphatic rings. The van der Waals surface area contributed by atoms with Gasteiger partial charge < -0.3 is 24.1 Å². The average Bonchev–Trinajstić information content (AvgIpc) is 3.31. The van der Waals surface area contributed by atoms with Crippen molar-refractivity contribution in [3.63, 3.8) is 0 Å². The normalized spacial score (nSPS) is 10.9. The summed E-state index contributed by atoms with van der Waals surface area (Å²) in [6.07, 6.45) is 1.68. The lowest BCUT2D eigenvalue weighted by Crippen LogP contribution is -2.23. The molecule has 0 atom stereocenters. The van der Waals surface area contributed by atoms with Crippen molar-refractivity contribution in [2.75, 3.05) is 14.2 Å². The summed E-state index contributed by atoms with van der Waals surface area (Å²) >= 11 is 0. The fourth-order valence-electron chi connectivity index (χ4n) is 3.95. The van der Waals surface area contributed by atoms with Gasteiger partial charge in [-0.2, -0.15) is 0 Å². The number of aromatic nitrogens is 2. The number of nitrogens with one attached hydrogen (secondary N) is 1. The number of ether oxygens (including phenoxy) is 3. The molecule has 1 amide bonds. The largest absolute Gasteiger partial charge is 0.493 e. The molecule has 0 bridgehead atoms. The Morgan fingerprint density at radius 1 is 0.943 bits per heavy atom. The minimum Gasteiger partial charge on any atom is -0.493 e. The van der Waals surface area contributed by atoms with Crippen LogP contribution in [0.3, 0.4) is 0 Å². The second-order valence-corrected chi connectivity index (χ2v) is 7.94. The minimum absolute atomic E-state index is 0.189. The van der Waals surface area contributed by atoms with E-state index >= 15 is 0 Å². The van der Waals surface area contributed by atoms with Crippen molar-refractivity contribution in [1.82, 2.24) is 15.5 Å². The molecule has 5 rings (SSSR count). The summed E-state index contributed by atoms with van der Waals surface area (Å²) in [6.45, 7) is 2.10. The number of methoxy groups -OCH3 is 2. The molecule has 0 spiro atoms. The molecule has 5 aromatic rings. The van der Waals surface area contributed by atoms with E-state index in [0.717, 1.165) is 21.7 Å². The van der Waals surface area contributed by atoms with Gasteiger partial charge >= 0.3 is 0 Å². The third-order valence-electron chi connectivity index (χ3n) is 5.64. The molecule has 0 saturated heterocycles. The smallest absolute Gasteiger partial charge is 0.252 e. The van der Waals surface area contributed by atoms with Crippen molar-refractivity contribution in [2.45, 2.75) is 13.5 Å². The highest BCUT2D eigenvalue weighted by molar-refractivity contribution is 6.07. The van der Waals surface area contributed by atoms with Crippen molar-refractivity contribution < 1.29 is 23.5 Å². The number of aryl methyl sites for hydroxylation is 1. The van der Waals surface area contributed by atoms with Crippen molar-refractivity contribution in [3.8, 4) is 23.0 Å². The van der Waals surface area contributed by atoms with E-state index in [4.69, 9.17) is 18.7 Å². The van der Waals surface area contributed by atoms with Crippen LogP contribution in [-0.4, -0.2) is 30.3 Å². The van der Waals surface area contributed by atoms with Gasteiger partial charge in [0.15, 0.2) is 11.5 Å². The Balaban J connectivity index is 1.42. The van der Waals surface area contributed by atoms with E-state index in [0.29, 0.717) is 40.0 Å². The molecular formula is C27H23N3O5. The second-order valence-electron chi connectivity index (χ2n) is 7.94. The zero-order valence-electron chi connectivity index (χ0n) is 19.5. The third-order valence-corrected chi connectivity index (χ3v) is 5.64. The Kier molecular flexibility index (Phi) is 5.93. The fourth-order valence-corrected chi connectivity index (χ4v) is 3.95. The van der Waals surface area contributed by atoms with E-state index in [1.807, 2.05) is 49.4 Å². The van der Waals surface area contributed by atoms with Gasteiger partial charge in [0.05, 0.1) is 26.3 Å². The number of nitrogens with zero attached hydrogens (tertiary/aromatic N) is 2. The van der Waals surface area contributed by atoms with Crippen LogP contribution < -0.4 is 19.5 Å².